The third-order valence-electron chi connectivity index (χ3n) is 2.81. The summed E-state index contributed by atoms with van der Waals surface area (Å²) in [6, 6.07) is 0. The smallest absolute Gasteiger partial charge is 0.343 e. The summed E-state index contributed by atoms with van der Waals surface area (Å²) in [5, 5.41) is 7.06. The van der Waals surface area contributed by atoms with E-state index in [2.05, 4.69) is 15.1 Å². The van der Waals surface area contributed by atoms with Crippen LogP contribution in [0.2, 0.25) is 0 Å². The van der Waals surface area contributed by atoms with E-state index in [1.165, 1.54) is 0 Å². The Morgan fingerprint density at radius 2 is 2.19 bits per heavy atom. The van der Waals surface area contributed by atoms with E-state index in [0.717, 1.165) is 37.4 Å². The lowest BCUT2D eigenvalue weighted by Gasteiger charge is -2.15. The minimum atomic E-state index is -0.282. The number of carbonyl (C=O) groups excluding carboxylic acids is 1. The van der Waals surface area contributed by atoms with Crippen LogP contribution in [-0.4, -0.2) is 35.9 Å². The van der Waals surface area contributed by atoms with Gasteiger partial charge < -0.3 is 9.64 Å². The van der Waals surface area contributed by atoms with Gasteiger partial charge in [-0.15, -0.1) is 0 Å². The van der Waals surface area contributed by atoms with Crippen molar-refractivity contribution in [2.75, 3.05) is 24.6 Å². The molecule has 0 bridgehead atoms. The zero-order valence-corrected chi connectivity index (χ0v) is 9.75. The van der Waals surface area contributed by atoms with Crippen LogP contribution in [0.1, 0.15) is 35.8 Å². The Labute approximate surface area is 94.8 Å². The van der Waals surface area contributed by atoms with E-state index in [4.69, 9.17) is 4.74 Å². The van der Waals surface area contributed by atoms with Crippen LogP contribution in [0.25, 0.3) is 0 Å². The molecule has 1 aliphatic heterocycles. The molecule has 1 aromatic rings. The molecule has 0 aliphatic carbocycles. The first-order valence-electron chi connectivity index (χ1n) is 5.71. The molecule has 5 heteroatoms. The van der Waals surface area contributed by atoms with Crippen LogP contribution >= 0.6 is 0 Å². The Morgan fingerprint density at radius 1 is 1.50 bits per heavy atom. The molecule has 1 saturated heterocycles. The topological polar surface area (TPSA) is 58.2 Å². The summed E-state index contributed by atoms with van der Waals surface area (Å²) >= 11 is 0. The lowest BCUT2D eigenvalue weighted by molar-refractivity contribution is 0.0526. The SMILES string of the molecule is CCOC(=O)c1c(N2CCCC2)n[nH]c1C. The number of carbonyl (C=O) groups is 1. The molecule has 1 fully saturated rings. The molecular formula is C11H17N3O2. The van der Waals surface area contributed by atoms with Gasteiger partial charge in [0.1, 0.15) is 5.56 Å². The van der Waals surface area contributed by atoms with Crippen molar-refractivity contribution in [2.45, 2.75) is 26.7 Å². The Kier molecular flexibility index (Phi) is 3.12. The molecule has 2 heterocycles. The first-order chi connectivity index (χ1) is 7.74. The lowest BCUT2D eigenvalue weighted by atomic mass is 10.2. The van der Waals surface area contributed by atoms with Crippen LogP contribution in [0.15, 0.2) is 0 Å². The van der Waals surface area contributed by atoms with Gasteiger partial charge in [-0.2, -0.15) is 5.10 Å². The maximum atomic E-state index is 11.8. The summed E-state index contributed by atoms with van der Waals surface area (Å²) in [6.45, 7) is 5.98. The van der Waals surface area contributed by atoms with Gasteiger partial charge in [0.2, 0.25) is 0 Å². The maximum absolute atomic E-state index is 11.8. The third kappa shape index (κ3) is 1.89. The molecule has 0 unspecified atom stereocenters. The van der Waals surface area contributed by atoms with Crippen molar-refractivity contribution in [1.82, 2.24) is 10.2 Å². The molecule has 0 radical (unpaired) electrons. The van der Waals surface area contributed by atoms with Crippen LogP contribution in [0.3, 0.4) is 0 Å². The number of ether oxygens (including phenoxy) is 1. The molecule has 0 amide bonds. The number of hydrogen-bond acceptors (Lipinski definition) is 4. The number of nitrogens with zero attached hydrogens (tertiary/aromatic N) is 2. The van der Waals surface area contributed by atoms with Crippen molar-refractivity contribution < 1.29 is 9.53 Å². The second-order valence-corrected chi connectivity index (χ2v) is 3.96. The van der Waals surface area contributed by atoms with Gasteiger partial charge in [0, 0.05) is 18.8 Å². The Bertz CT molecular complexity index is 381. The van der Waals surface area contributed by atoms with Crippen molar-refractivity contribution in [3.05, 3.63) is 11.3 Å². The minimum absolute atomic E-state index is 0.282. The van der Waals surface area contributed by atoms with E-state index in [-0.39, 0.29) is 5.97 Å². The summed E-state index contributed by atoms with van der Waals surface area (Å²) in [5.74, 6) is 0.462. The van der Waals surface area contributed by atoms with Gasteiger partial charge in [-0.1, -0.05) is 0 Å². The summed E-state index contributed by atoms with van der Waals surface area (Å²) in [7, 11) is 0. The van der Waals surface area contributed by atoms with E-state index >= 15 is 0 Å². The van der Waals surface area contributed by atoms with Crippen molar-refractivity contribution in [1.29, 1.82) is 0 Å². The van der Waals surface area contributed by atoms with E-state index in [1.54, 1.807) is 0 Å². The number of aromatic amines is 1. The molecular weight excluding hydrogens is 206 g/mol. The van der Waals surface area contributed by atoms with Crippen LogP contribution < -0.4 is 4.90 Å². The number of aromatic nitrogens is 2. The number of rotatable bonds is 3. The number of H-pyrrole nitrogens is 1. The zero-order chi connectivity index (χ0) is 11.5. The van der Waals surface area contributed by atoms with Crippen LogP contribution in [-0.2, 0) is 4.74 Å². The largest absolute Gasteiger partial charge is 0.462 e. The molecule has 88 valence electrons. The van der Waals surface area contributed by atoms with Gasteiger partial charge >= 0.3 is 5.97 Å². The molecule has 0 aromatic carbocycles. The highest BCUT2D eigenvalue weighted by Gasteiger charge is 2.25. The summed E-state index contributed by atoms with van der Waals surface area (Å²) < 4.78 is 5.04. The predicted octanol–water partition coefficient (Wildman–Crippen LogP) is 1.50. The van der Waals surface area contributed by atoms with Crippen LogP contribution in [0.4, 0.5) is 5.82 Å². The van der Waals surface area contributed by atoms with Gasteiger partial charge in [0.05, 0.1) is 6.61 Å². The fraction of sp³-hybridized carbons (Fsp3) is 0.636. The fourth-order valence-electron chi connectivity index (χ4n) is 2.02. The highest BCUT2D eigenvalue weighted by molar-refractivity contribution is 5.96. The van der Waals surface area contributed by atoms with Gasteiger partial charge in [0.25, 0.3) is 0 Å². The van der Waals surface area contributed by atoms with Gasteiger partial charge in [-0.05, 0) is 26.7 Å². The molecule has 0 saturated carbocycles. The van der Waals surface area contributed by atoms with Crippen molar-refractivity contribution in [3.8, 4) is 0 Å². The van der Waals surface area contributed by atoms with Crippen LogP contribution in [0.5, 0.6) is 0 Å². The average Bonchev–Trinajstić information content (AvgIpc) is 2.86. The molecule has 1 N–H and O–H groups in total. The molecule has 0 atom stereocenters. The number of anilines is 1. The van der Waals surface area contributed by atoms with E-state index < -0.39 is 0 Å². The molecule has 2 rings (SSSR count). The van der Waals surface area contributed by atoms with Crippen LogP contribution in [0, 0.1) is 6.92 Å². The minimum Gasteiger partial charge on any atom is -0.462 e. The Morgan fingerprint density at radius 3 is 2.81 bits per heavy atom. The molecule has 1 aromatic heterocycles. The normalized spacial score (nSPS) is 15.5. The van der Waals surface area contributed by atoms with E-state index in [1.807, 2.05) is 13.8 Å². The van der Waals surface area contributed by atoms with Gasteiger partial charge in [-0.25, -0.2) is 4.79 Å². The highest BCUT2D eigenvalue weighted by Crippen LogP contribution is 2.24. The lowest BCUT2D eigenvalue weighted by Crippen LogP contribution is -2.21. The summed E-state index contributed by atoms with van der Waals surface area (Å²) in [5.41, 5.74) is 1.36. The first-order valence-corrected chi connectivity index (χ1v) is 5.71. The molecule has 5 nitrogen and oxygen atoms in total. The summed E-state index contributed by atoms with van der Waals surface area (Å²) in [6.07, 6.45) is 2.32. The first kappa shape index (κ1) is 11.0. The zero-order valence-electron chi connectivity index (χ0n) is 9.75. The number of hydrogen-bond donors (Lipinski definition) is 1. The van der Waals surface area contributed by atoms with E-state index in [0.29, 0.717) is 12.2 Å². The number of esters is 1. The molecule has 16 heavy (non-hydrogen) atoms. The number of nitrogens with one attached hydrogen (secondary N) is 1. The van der Waals surface area contributed by atoms with Crippen molar-refractivity contribution >= 4 is 11.8 Å². The maximum Gasteiger partial charge on any atom is 0.343 e. The average molecular weight is 223 g/mol. The Balaban J connectivity index is 2.27. The van der Waals surface area contributed by atoms with Gasteiger partial charge in [-0.3, -0.25) is 5.10 Å². The number of aryl methyl sites for hydroxylation is 1. The molecule has 1 aliphatic rings. The second-order valence-electron chi connectivity index (χ2n) is 3.96. The Hall–Kier alpha value is -1.52. The summed E-state index contributed by atoms with van der Waals surface area (Å²) in [4.78, 5) is 13.9. The molecule has 0 spiro atoms. The second kappa shape index (κ2) is 4.55. The highest BCUT2D eigenvalue weighted by atomic mass is 16.5. The van der Waals surface area contributed by atoms with Crippen molar-refractivity contribution in [3.63, 3.8) is 0 Å². The quantitative estimate of drug-likeness (QED) is 0.789. The fourth-order valence-corrected chi connectivity index (χ4v) is 2.02. The van der Waals surface area contributed by atoms with Gasteiger partial charge in [0.15, 0.2) is 5.82 Å². The monoisotopic (exact) mass is 223 g/mol. The standard InChI is InChI=1S/C11H17N3O2/c1-3-16-11(15)9-8(2)12-13-10(9)14-6-4-5-7-14/h3-7H2,1-2H3,(H,12,13). The van der Waals surface area contributed by atoms with Crippen molar-refractivity contribution in [2.24, 2.45) is 0 Å². The van der Waals surface area contributed by atoms with E-state index in [9.17, 15) is 4.79 Å². The predicted molar refractivity (Wildman–Crippen MR) is 60.7 cm³/mol. The third-order valence-corrected chi connectivity index (χ3v) is 2.81.